The van der Waals surface area contributed by atoms with Crippen LogP contribution in [0.5, 0.6) is 0 Å². The van der Waals surface area contributed by atoms with Gasteiger partial charge < -0.3 is 10.2 Å². The van der Waals surface area contributed by atoms with Gasteiger partial charge in [-0.15, -0.1) is 0 Å². The van der Waals surface area contributed by atoms with Crippen LogP contribution >= 0.6 is 0 Å². The van der Waals surface area contributed by atoms with E-state index >= 15 is 0 Å². The zero-order chi connectivity index (χ0) is 12.5. The van der Waals surface area contributed by atoms with Gasteiger partial charge in [-0.2, -0.15) is 13.2 Å². The average Bonchev–Trinajstić information content (AvgIpc) is 2.66. The van der Waals surface area contributed by atoms with Crippen molar-refractivity contribution in [3.63, 3.8) is 0 Å². The van der Waals surface area contributed by atoms with E-state index in [4.69, 9.17) is 10.2 Å². The smallest absolute Gasteiger partial charge is 0.420 e. The predicted octanol–water partition coefficient (Wildman–Crippen LogP) is 3.34. The van der Waals surface area contributed by atoms with Crippen LogP contribution < -0.4 is 5.73 Å². The molecule has 2 rings (SSSR count). The lowest BCUT2D eigenvalue weighted by Gasteiger charge is -2.06. The van der Waals surface area contributed by atoms with Crippen LogP contribution in [0.4, 0.5) is 13.2 Å². The monoisotopic (exact) mass is 243 g/mol. The van der Waals surface area contributed by atoms with E-state index < -0.39 is 11.7 Å². The standard InChI is InChI=1S/C12H12F3NO/c13-12(14,15)10-5-1-3-8-7-9(4-2-6-16)17-11(8)10/h1,3,5,7H,2,4,6,16H2. The van der Waals surface area contributed by atoms with Crippen molar-refractivity contribution in [1.82, 2.24) is 0 Å². The van der Waals surface area contributed by atoms with Crippen molar-refractivity contribution in [3.8, 4) is 0 Å². The molecule has 2 aromatic rings. The number of hydrogen-bond donors (Lipinski definition) is 1. The predicted molar refractivity (Wildman–Crippen MR) is 58.6 cm³/mol. The van der Waals surface area contributed by atoms with Crippen LogP contribution in [-0.2, 0) is 12.6 Å². The fourth-order valence-electron chi connectivity index (χ4n) is 1.74. The Morgan fingerprint density at radius 3 is 2.65 bits per heavy atom. The number of aryl methyl sites for hydroxylation is 1. The molecule has 2 N–H and O–H groups in total. The van der Waals surface area contributed by atoms with Gasteiger partial charge in [0.05, 0.1) is 5.56 Å². The molecule has 0 aliphatic carbocycles. The highest BCUT2D eigenvalue weighted by Crippen LogP contribution is 2.36. The van der Waals surface area contributed by atoms with E-state index in [9.17, 15) is 13.2 Å². The highest BCUT2D eigenvalue weighted by molar-refractivity contribution is 5.81. The molecule has 17 heavy (non-hydrogen) atoms. The summed E-state index contributed by atoms with van der Waals surface area (Å²) in [5.41, 5.74) is 4.53. The third-order valence-electron chi connectivity index (χ3n) is 2.53. The largest absolute Gasteiger partial charge is 0.460 e. The Bertz CT molecular complexity index is 516. The lowest BCUT2D eigenvalue weighted by molar-refractivity contribution is -0.136. The summed E-state index contributed by atoms with van der Waals surface area (Å²) in [6, 6.07) is 5.66. The third kappa shape index (κ3) is 2.44. The summed E-state index contributed by atoms with van der Waals surface area (Å²) in [7, 11) is 0. The topological polar surface area (TPSA) is 39.2 Å². The maximum absolute atomic E-state index is 12.7. The summed E-state index contributed by atoms with van der Waals surface area (Å²) >= 11 is 0. The molecule has 0 fully saturated rings. The van der Waals surface area contributed by atoms with Crippen molar-refractivity contribution in [2.75, 3.05) is 6.54 Å². The molecule has 1 aromatic heterocycles. The van der Waals surface area contributed by atoms with Gasteiger partial charge in [-0.1, -0.05) is 12.1 Å². The van der Waals surface area contributed by atoms with Crippen LogP contribution in [0.1, 0.15) is 17.7 Å². The van der Waals surface area contributed by atoms with Gasteiger partial charge in [-0.25, -0.2) is 0 Å². The lowest BCUT2D eigenvalue weighted by atomic mass is 10.1. The number of benzene rings is 1. The van der Waals surface area contributed by atoms with Crippen molar-refractivity contribution in [2.24, 2.45) is 5.73 Å². The molecule has 0 amide bonds. The number of alkyl halides is 3. The summed E-state index contributed by atoms with van der Waals surface area (Å²) in [4.78, 5) is 0. The molecule has 0 saturated carbocycles. The average molecular weight is 243 g/mol. The molecule has 0 radical (unpaired) electrons. The maximum Gasteiger partial charge on any atom is 0.420 e. The second-order valence-electron chi connectivity index (χ2n) is 3.83. The van der Waals surface area contributed by atoms with Gasteiger partial charge in [-0.05, 0) is 25.1 Å². The van der Waals surface area contributed by atoms with Crippen molar-refractivity contribution >= 4 is 11.0 Å². The van der Waals surface area contributed by atoms with Gasteiger partial charge in [0.1, 0.15) is 11.3 Å². The summed E-state index contributed by atoms with van der Waals surface area (Å²) in [6.45, 7) is 0.489. The Labute approximate surface area is 96.2 Å². The fraction of sp³-hybridized carbons (Fsp3) is 0.333. The molecule has 0 atom stereocenters. The van der Waals surface area contributed by atoms with Gasteiger partial charge >= 0.3 is 6.18 Å². The van der Waals surface area contributed by atoms with Crippen molar-refractivity contribution in [2.45, 2.75) is 19.0 Å². The van der Waals surface area contributed by atoms with Crippen LogP contribution in [0.25, 0.3) is 11.0 Å². The summed E-state index contributed by atoms with van der Waals surface area (Å²) < 4.78 is 43.3. The van der Waals surface area contributed by atoms with Crippen molar-refractivity contribution in [3.05, 3.63) is 35.6 Å². The molecule has 5 heteroatoms. The molecule has 0 unspecified atom stereocenters. The number of hydrogen-bond acceptors (Lipinski definition) is 2. The van der Waals surface area contributed by atoms with Crippen LogP contribution in [0.3, 0.4) is 0 Å². The van der Waals surface area contributed by atoms with Gasteiger partial charge in [0, 0.05) is 11.8 Å². The van der Waals surface area contributed by atoms with Gasteiger partial charge in [0.15, 0.2) is 0 Å². The SMILES string of the molecule is NCCCc1cc2cccc(C(F)(F)F)c2o1. The van der Waals surface area contributed by atoms with E-state index in [1.165, 1.54) is 6.07 Å². The van der Waals surface area contributed by atoms with E-state index in [-0.39, 0.29) is 5.58 Å². The zero-order valence-corrected chi connectivity index (χ0v) is 9.05. The summed E-state index contributed by atoms with van der Waals surface area (Å²) in [5.74, 6) is 0.544. The van der Waals surface area contributed by atoms with Crippen LogP contribution in [0.2, 0.25) is 0 Å². The minimum Gasteiger partial charge on any atom is -0.460 e. The second kappa shape index (κ2) is 4.41. The lowest BCUT2D eigenvalue weighted by Crippen LogP contribution is -2.04. The molecule has 0 aliphatic rings. The number of fused-ring (bicyclic) bond motifs is 1. The van der Waals surface area contributed by atoms with Crippen molar-refractivity contribution < 1.29 is 17.6 Å². The van der Waals surface area contributed by atoms with E-state index in [1.54, 1.807) is 12.1 Å². The Kier molecular flexibility index (Phi) is 3.11. The maximum atomic E-state index is 12.7. The first-order valence-corrected chi connectivity index (χ1v) is 5.31. The van der Waals surface area contributed by atoms with Crippen LogP contribution in [0, 0.1) is 0 Å². The molecule has 92 valence electrons. The molecule has 1 heterocycles. The molecule has 0 aliphatic heterocycles. The van der Waals surface area contributed by atoms with E-state index in [0.29, 0.717) is 30.5 Å². The normalized spacial score (nSPS) is 12.2. The first-order chi connectivity index (χ1) is 8.02. The van der Waals surface area contributed by atoms with Gasteiger partial charge in [0.2, 0.25) is 0 Å². The Hall–Kier alpha value is -1.49. The Morgan fingerprint density at radius 1 is 1.24 bits per heavy atom. The fourth-order valence-corrected chi connectivity index (χ4v) is 1.74. The molecule has 0 spiro atoms. The molecule has 0 bridgehead atoms. The van der Waals surface area contributed by atoms with Crippen LogP contribution in [-0.4, -0.2) is 6.54 Å². The highest BCUT2D eigenvalue weighted by Gasteiger charge is 2.34. The summed E-state index contributed by atoms with van der Waals surface area (Å²) in [6.07, 6.45) is -3.13. The Morgan fingerprint density at radius 2 is 2.00 bits per heavy atom. The molecule has 1 aromatic carbocycles. The van der Waals surface area contributed by atoms with E-state index in [0.717, 1.165) is 6.07 Å². The minimum absolute atomic E-state index is 0.0907. The second-order valence-corrected chi connectivity index (χ2v) is 3.83. The first kappa shape index (κ1) is 12.0. The molecular weight excluding hydrogens is 231 g/mol. The molecule has 0 saturated heterocycles. The molecular formula is C12H12F3NO. The van der Waals surface area contributed by atoms with Crippen molar-refractivity contribution in [1.29, 1.82) is 0 Å². The quantitative estimate of drug-likeness (QED) is 0.897. The summed E-state index contributed by atoms with van der Waals surface area (Å²) in [5, 5.41) is 0.479. The minimum atomic E-state index is -4.39. The molecule has 2 nitrogen and oxygen atoms in total. The number of para-hydroxylation sites is 1. The first-order valence-electron chi connectivity index (χ1n) is 5.31. The Balaban J connectivity index is 2.46. The number of rotatable bonds is 3. The van der Waals surface area contributed by atoms with E-state index in [1.807, 2.05) is 0 Å². The number of furan rings is 1. The highest BCUT2D eigenvalue weighted by atomic mass is 19.4. The third-order valence-corrected chi connectivity index (χ3v) is 2.53. The van der Waals surface area contributed by atoms with Gasteiger partial charge in [0.25, 0.3) is 0 Å². The zero-order valence-electron chi connectivity index (χ0n) is 9.05. The number of nitrogens with two attached hydrogens (primary N) is 1. The van der Waals surface area contributed by atoms with E-state index in [2.05, 4.69) is 0 Å². The van der Waals surface area contributed by atoms with Crippen LogP contribution in [0.15, 0.2) is 28.7 Å². The number of halogens is 3. The van der Waals surface area contributed by atoms with Gasteiger partial charge in [-0.3, -0.25) is 0 Å².